The van der Waals surface area contributed by atoms with Crippen LogP contribution in [0.5, 0.6) is 0 Å². The quantitative estimate of drug-likeness (QED) is 0.875. The third-order valence-electron chi connectivity index (χ3n) is 3.25. The van der Waals surface area contributed by atoms with Gasteiger partial charge in [0.2, 0.25) is 0 Å². The average Bonchev–Trinajstić information content (AvgIpc) is 2.69. The second kappa shape index (κ2) is 5.27. The molecule has 0 aliphatic carbocycles. The van der Waals surface area contributed by atoms with Gasteiger partial charge in [-0.2, -0.15) is 0 Å². The van der Waals surface area contributed by atoms with Gasteiger partial charge in [-0.15, -0.1) is 11.3 Å². The summed E-state index contributed by atoms with van der Waals surface area (Å²) in [6.07, 6.45) is 0. The summed E-state index contributed by atoms with van der Waals surface area (Å²) in [5.74, 6) is 0. The van der Waals surface area contributed by atoms with E-state index in [0.717, 1.165) is 19.8 Å². The number of aryl methyl sites for hydroxylation is 1. The molecule has 0 spiro atoms. The first-order valence-electron chi connectivity index (χ1n) is 5.81. The highest BCUT2D eigenvalue weighted by Crippen LogP contribution is 2.30. The molecule has 3 nitrogen and oxygen atoms in total. The molecule has 0 amide bonds. The fourth-order valence-corrected chi connectivity index (χ4v) is 3.38. The van der Waals surface area contributed by atoms with Crippen LogP contribution in [-0.2, 0) is 4.74 Å². The van der Waals surface area contributed by atoms with Crippen LogP contribution in [0.4, 0.5) is 0 Å². The lowest BCUT2D eigenvalue weighted by molar-refractivity contribution is -0.0203. The predicted molar refractivity (Wildman–Crippen MR) is 67.8 cm³/mol. The van der Waals surface area contributed by atoms with E-state index in [4.69, 9.17) is 10.5 Å². The number of nitrogens with zero attached hydrogens (tertiary/aromatic N) is 1. The first-order chi connectivity index (χ1) is 7.74. The number of morpholine rings is 1. The van der Waals surface area contributed by atoms with Gasteiger partial charge in [-0.1, -0.05) is 0 Å². The lowest BCUT2D eigenvalue weighted by Crippen LogP contribution is -2.47. The van der Waals surface area contributed by atoms with Gasteiger partial charge >= 0.3 is 0 Å². The van der Waals surface area contributed by atoms with E-state index in [1.807, 2.05) is 11.3 Å². The molecule has 0 aromatic carbocycles. The van der Waals surface area contributed by atoms with Gasteiger partial charge in [0.1, 0.15) is 0 Å². The third kappa shape index (κ3) is 2.30. The Bertz CT molecular complexity index is 340. The number of hydrogen-bond donors (Lipinski definition) is 1. The molecule has 0 bridgehead atoms. The number of thiophene rings is 1. The average molecular weight is 240 g/mol. The Morgan fingerprint density at radius 3 is 3.06 bits per heavy atom. The van der Waals surface area contributed by atoms with Crippen molar-refractivity contribution in [3.63, 3.8) is 0 Å². The molecule has 2 N–H and O–H groups in total. The van der Waals surface area contributed by atoms with Crippen molar-refractivity contribution in [2.24, 2.45) is 5.73 Å². The van der Waals surface area contributed by atoms with Crippen molar-refractivity contribution in [2.75, 3.05) is 26.3 Å². The summed E-state index contributed by atoms with van der Waals surface area (Å²) in [6.45, 7) is 7.70. The number of ether oxygens (including phenoxy) is 1. The van der Waals surface area contributed by atoms with E-state index in [1.54, 1.807) is 0 Å². The molecule has 1 aliphatic heterocycles. The number of nitrogens with two attached hydrogens (primary N) is 1. The fraction of sp³-hybridized carbons (Fsp3) is 0.667. The van der Waals surface area contributed by atoms with E-state index in [2.05, 4.69) is 30.2 Å². The molecule has 1 fully saturated rings. The van der Waals surface area contributed by atoms with Crippen LogP contribution >= 0.6 is 11.3 Å². The van der Waals surface area contributed by atoms with Gasteiger partial charge in [0.25, 0.3) is 0 Å². The van der Waals surface area contributed by atoms with Crippen LogP contribution in [0.2, 0.25) is 0 Å². The van der Waals surface area contributed by atoms with E-state index in [1.165, 1.54) is 10.4 Å². The summed E-state index contributed by atoms with van der Waals surface area (Å²) in [5, 5.41) is 2.15. The van der Waals surface area contributed by atoms with Gasteiger partial charge in [-0.3, -0.25) is 4.90 Å². The largest absolute Gasteiger partial charge is 0.379 e. The van der Waals surface area contributed by atoms with Crippen molar-refractivity contribution in [3.8, 4) is 0 Å². The molecule has 2 heterocycles. The van der Waals surface area contributed by atoms with Crippen molar-refractivity contribution < 1.29 is 4.74 Å². The van der Waals surface area contributed by atoms with Crippen molar-refractivity contribution >= 4 is 11.3 Å². The third-order valence-corrected chi connectivity index (χ3v) is 4.37. The fourth-order valence-electron chi connectivity index (χ4n) is 2.32. The summed E-state index contributed by atoms with van der Waals surface area (Å²) in [7, 11) is 0. The van der Waals surface area contributed by atoms with Crippen molar-refractivity contribution in [3.05, 3.63) is 21.9 Å². The van der Waals surface area contributed by atoms with E-state index >= 15 is 0 Å². The molecule has 90 valence electrons. The van der Waals surface area contributed by atoms with Gasteiger partial charge in [0.05, 0.1) is 19.3 Å². The minimum Gasteiger partial charge on any atom is -0.379 e. The predicted octanol–water partition coefficient (Wildman–Crippen LogP) is 1.78. The molecule has 4 heteroatoms. The molecule has 2 atom stereocenters. The molecular formula is C12H20N2OS. The summed E-state index contributed by atoms with van der Waals surface area (Å²) in [4.78, 5) is 3.89. The molecule has 2 unspecified atom stereocenters. The first-order valence-corrected chi connectivity index (χ1v) is 6.69. The highest BCUT2D eigenvalue weighted by atomic mass is 32.1. The zero-order valence-electron chi connectivity index (χ0n) is 9.98. The second-order valence-electron chi connectivity index (χ2n) is 4.38. The Kier molecular flexibility index (Phi) is 3.97. The van der Waals surface area contributed by atoms with Crippen LogP contribution < -0.4 is 5.73 Å². The molecule has 1 aromatic rings. The maximum absolute atomic E-state index is 5.95. The maximum Gasteiger partial charge on any atom is 0.0620 e. The zero-order valence-corrected chi connectivity index (χ0v) is 10.8. The highest BCUT2D eigenvalue weighted by molar-refractivity contribution is 7.10. The number of rotatable bonds is 3. The molecule has 0 saturated carbocycles. The summed E-state index contributed by atoms with van der Waals surface area (Å²) in [6, 6.07) is 3.00. The van der Waals surface area contributed by atoms with E-state index in [-0.39, 0.29) is 0 Å². The lowest BCUT2D eigenvalue weighted by atomic mass is 10.1. The van der Waals surface area contributed by atoms with Crippen LogP contribution in [0.15, 0.2) is 11.4 Å². The van der Waals surface area contributed by atoms with Crippen LogP contribution in [0.25, 0.3) is 0 Å². The van der Waals surface area contributed by atoms with Crippen LogP contribution in [0, 0.1) is 6.92 Å². The van der Waals surface area contributed by atoms with Gasteiger partial charge in [-0.25, -0.2) is 0 Å². The second-order valence-corrected chi connectivity index (χ2v) is 5.33. The Labute approximate surface area is 101 Å². The van der Waals surface area contributed by atoms with Gasteiger partial charge in [0, 0.05) is 24.0 Å². The molecular weight excluding hydrogens is 220 g/mol. The van der Waals surface area contributed by atoms with Crippen molar-refractivity contribution in [2.45, 2.75) is 25.9 Å². The van der Waals surface area contributed by atoms with Crippen molar-refractivity contribution in [1.29, 1.82) is 0 Å². The molecule has 1 saturated heterocycles. The van der Waals surface area contributed by atoms with Crippen molar-refractivity contribution in [1.82, 2.24) is 4.90 Å². The van der Waals surface area contributed by atoms with E-state index < -0.39 is 0 Å². The van der Waals surface area contributed by atoms with Gasteiger partial charge in [0.15, 0.2) is 0 Å². The Morgan fingerprint density at radius 1 is 1.69 bits per heavy atom. The summed E-state index contributed by atoms with van der Waals surface area (Å²) < 4.78 is 5.48. The maximum atomic E-state index is 5.95. The van der Waals surface area contributed by atoms with Gasteiger partial charge in [-0.05, 0) is 30.9 Å². The standard InChI is InChI=1S/C12H20N2OS/c1-9-3-6-16-12(9)11(7-13)14-4-5-15-8-10(14)2/h3,6,10-11H,4-5,7-8,13H2,1-2H3. The Hall–Kier alpha value is -0.420. The van der Waals surface area contributed by atoms with Crippen LogP contribution in [-0.4, -0.2) is 37.2 Å². The highest BCUT2D eigenvalue weighted by Gasteiger charge is 2.28. The first kappa shape index (κ1) is 12.0. The number of hydrogen-bond acceptors (Lipinski definition) is 4. The molecule has 1 aromatic heterocycles. The normalized spacial score (nSPS) is 24.6. The van der Waals surface area contributed by atoms with Crippen LogP contribution in [0.3, 0.4) is 0 Å². The minimum atomic E-state index is 0.360. The molecule has 0 radical (unpaired) electrons. The summed E-state index contributed by atoms with van der Waals surface area (Å²) >= 11 is 1.82. The molecule has 2 rings (SSSR count). The minimum absolute atomic E-state index is 0.360. The summed E-state index contributed by atoms with van der Waals surface area (Å²) in [5.41, 5.74) is 7.31. The lowest BCUT2D eigenvalue weighted by Gasteiger charge is -2.38. The topological polar surface area (TPSA) is 38.5 Å². The molecule has 1 aliphatic rings. The monoisotopic (exact) mass is 240 g/mol. The van der Waals surface area contributed by atoms with Gasteiger partial charge < -0.3 is 10.5 Å². The smallest absolute Gasteiger partial charge is 0.0620 e. The zero-order chi connectivity index (χ0) is 11.5. The SMILES string of the molecule is Cc1ccsc1C(CN)N1CCOCC1C. The van der Waals surface area contributed by atoms with E-state index in [0.29, 0.717) is 18.6 Å². The Morgan fingerprint density at radius 2 is 2.50 bits per heavy atom. The Balaban J connectivity index is 2.18. The molecule has 16 heavy (non-hydrogen) atoms. The van der Waals surface area contributed by atoms with E-state index in [9.17, 15) is 0 Å². The van der Waals surface area contributed by atoms with Crippen LogP contribution in [0.1, 0.15) is 23.4 Å².